The molecule has 0 aliphatic carbocycles. The van der Waals surface area contributed by atoms with E-state index in [-0.39, 0.29) is 79.4 Å². The number of nitrogens with zero attached hydrogens (tertiary/aromatic N) is 8. The van der Waals surface area contributed by atoms with E-state index in [9.17, 15) is 38.7 Å². The lowest BCUT2D eigenvalue weighted by molar-refractivity contribution is -0.144. The highest BCUT2D eigenvalue weighted by molar-refractivity contribution is 6.04. The number of fused-ring (bicyclic) bond motifs is 3. The Balaban J connectivity index is 0.000000223. The van der Waals surface area contributed by atoms with Crippen LogP contribution in [0, 0.1) is 13.8 Å². The number of hydrogen-bond acceptors (Lipinski definition) is 12. The fourth-order valence-corrected chi connectivity index (χ4v) is 13.7. The monoisotopic (exact) mass is 1410 g/mol. The van der Waals surface area contributed by atoms with Crippen LogP contribution in [0.1, 0.15) is 185 Å². The third-order valence-electron chi connectivity index (χ3n) is 19.5. The molecule has 11 rings (SSSR count). The molecule has 4 heterocycles. The Morgan fingerprint density at radius 2 is 1.00 bits per heavy atom. The number of hydrogen-bond donors (Lipinski definition) is 4. The lowest BCUT2D eigenvalue weighted by Gasteiger charge is -2.37. The van der Waals surface area contributed by atoms with Gasteiger partial charge in [-0.05, 0) is 152 Å². The summed E-state index contributed by atoms with van der Waals surface area (Å²) in [5.74, 6) is -2.79. The van der Waals surface area contributed by atoms with Crippen LogP contribution < -0.4 is 16.4 Å². The molecule has 7 aromatic carbocycles. The van der Waals surface area contributed by atoms with Gasteiger partial charge in [0.1, 0.15) is 0 Å². The molecular formula is C84H99N11O9. The molecule has 0 radical (unpaired) electrons. The van der Waals surface area contributed by atoms with Crippen molar-refractivity contribution < 1.29 is 43.4 Å². The van der Waals surface area contributed by atoms with Crippen molar-refractivity contribution in [3.05, 3.63) is 237 Å². The van der Waals surface area contributed by atoms with Gasteiger partial charge in [-0.1, -0.05) is 175 Å². The first-order valence-electron chi connectivity index (χ1n) is 36.8. The molecule has 0 saturated heterocycles. The van der Waals surface area contributed by atoms with Crippen molar-refractivity contribution in [3.8, 4) is 11.4 Å². The first-order valence-corrected chi connectivity index (χ1v) is 36.8. The number of amides is 6. The Morgan fingerprint density at radius 1 is 0.538 bits per heavy atom. The van der Waals surface area contributed by atoms with Crippen LogP contribution in [-0.2, 0) is 51.5 Å². The number of anilines is 2. The molecule has 20 nitrogen and oxygen atoms in total. The fourth-order valence-electron chi connectivity index (χ4n) is 13.7. The summed E-state index contributed by atoms with van der Waals surface area (Å²) < 4.78 is 8.45. The van der Waals surface area contributed by atoms with Gasteiger partial charge in [0.25, 0.3) is 23.6 Å². The number of aliphatic hydroxyl groups is 1. The second kappa shape index (κ2) is 36.5. The second-order valence-electron chi connectivity index (χ2n) is 27.0. The van der Waals surface area contributed by atoms with Crippen molar-refractivity contribution in [2.75, 3.05) is 56.6 Å². The van der Waals surface area contributed by atoms with Crippen molar-refractivity contribution in [2.24, 2.45) is 5.73 Å². The van der Waals surface area contributed by atoms with Gasteiger partial charge in [-0.3, -0.25) is 33.6 Å². The molecule has 1 unspecified atom stereocenters. The van der Waals surface area contributed by atoms with Crippen LogP contribution in [0.2, 0.25) is 0 Å². The molecular weight excluding hydrogens is 1310 g/mol. The maximum atomic E-state index is 14.7. The van der Waals surface area contributed by atoms with E-state index >= 15 is 0 Å². The third-order valence-corrected chi connectivity index (χ3v) is 19.5. The molecule has 0 fully saturated rings. The molecule has 0 bridgehead atoms. The molecule has 20 heteroatoms. The second-order valence-corrected chi connectivity index (χ2v) is 27.0. The normalized spacial score (nSPS) is 14.1. The predicted molar refractivity (Wildman–Crippen MR) is 407 cm³/mol. The Bertz CT molecular complexity index is 4470. The van der Waals surface area contributed by atoms with Gasteiger partial charge in [-0.25, -0.2) is 9.36 Å². The summed E-state index contributed by atoms with van der Waals surface area (Å²) in [6, 6.07) is 52.2. The topological polar surface area (TPSA) is 248 Å². The Hall–Kier alpha value is -10.6. The van der Waals surface area contributed by atoms with Gasteiger partial charge in [-0.2, -0.15) is 10.2 Å². The number of rotatable bonds is 29. The molecule has 6 amide bonds. The number of benzene rings is 7. The van der Waals surface area contributed by atoms with Gasteiger partial charge in [-0.15, -0.1) is 0 Å². The van der Waals surface area contributed by atoms with E-state index in [1.165, 1.54) is 5.56 Å². The van der Waals surface area contributed by atoms with E-state index in [4.69, 9.17) is 20.7 Å². The molecule has 0 saturated carbocycles. The van der Waals surface area contributed by atoms with Crippen LogP contribution in [0.4, 0.5) is 11.4 Å². The smallest absolute Gasteiger partial charge is 0.306 e. The van der Waals surface area contributed by atoms with Crippen molar-refractivity contribution in [2.45, 2.75) is 157 Å². The number of unbranched alkanes of at least 4 members (excludes halogenated alkanes) is 4. The SMILES string of the molecule is CCCCN(CCCC)C(=O)c1cc(C)n(-c2ccc(NC(=O)C(CC(=O)OCC)c3ccccc3)cc2C(=O)N2Cc3ccccc3C[C@H]2CO)n1.CCCCN(CCCC)C(=O)c1cc(C)n(-c2ccc(NC(=O)Cc3ccc4ccccc4c3)cc2C(=O)N2Cc3ccccc3C[C@H]2CN)n1. The van der Waals surface area contributed by atoms with Crippen LogP contribution in [0.5, 0.6) is 0 Å². The lowest BCUT2D eigenvalue weighted by Crippen LogP contribution is -2.48. The molecule has 0 spiro atoms. The number of nitrogens with one attached hydrogen (secondary N) is 2. The first kappa shape index (κ1) is 76.1. The van der Waals surface area contributed by atoms with E-state index in [0.29, 0.717) is 97.4 Å². The highest BCUT2D eigenvalue weighted by atomic mass is 16.5. The summed E-state index contributed by atoms with van der Waals surface area (Å²) >= 11 is 0. The van der Waals surface area contributed by atoms with Gasteiger partial charge >= 0.3 is 5.97 Å². The minimum atomic E-state index is -0.836. The van der Waals surface area contributed by atoms with Crippen LogP contribution in [0.3, 0.4) is 0 Å². The van der Waals surface area contributed by atoms with Crippen molar-refractivity contribution in [1.82, 2.24) is 39.2 Å². The number of aromatic nitrogens is 4. The van der Waals surface area contributed by atoms with Gasteiger partial charge in [0.15, 0.2) is 11.4 Å². The number of ether oxygens (including phenoxy) is 1. The van der Waals surface area contributed by atoms with Crippen LogP contribution in [-0.4, -0.2) is 144 Å². The highest BCUT2D eigenvalue weighted by Crippen LogP contribution is 2.33. The summed E-state index contributed by atoms with van der Waals surface area (Å²) in [5, 5.41) is 28.2. The Labute approximate surface area is 610 Å². The Kier molecular flexibility index (Phi) is 26.7. The molecule has 104 heavy (non-hydrogen) atoms. The largest absolute Gasteiger partial charge is 0.466 e. The number of aliphatic hydroxyl groups excluding tert-OH is 1. The average Bonchev–Trinajstić information content (AvgIpc) is 1.02. The molecule has 9 aromatic rings. The molecule has 3 atom stereocenters. The average molecular weight is 1410 g/mol. The maximum Gasteiger partial charge on any atom is 0.306 e. The van der Waals surface area contributed by atoms with Gasteiger partial charge in [0, 0.05) is 74.6 Å². The molecule has 544 valence electrons. The van der Waals surface area contributed by atoms with Crippen LogP contribution in [0.25, 0.3) is 22.1 Å². The summed E-state index contributed by atoms with van der Waals surface area (Å²) in [4.78, 5) is 104. The summed E-state index contributed by atoms with van der Waals surface area (Å²) in [7, 11) is 0. The summed E-state index contributed by atoms with van der Waals surface area (Å²) in [5.41, 5.74) is 16.6. The first-order chi connectivity index (χ1) is 50.5. The number of carbonyl (C=O) groups is 7. The summed E-state index contributed by atoms with van der Waals surface area (Å²) in [6.07, 6.45) is 8.68. The highest BCUT2D eigenvalue weighted by Gasteiger charge is 2.35. The van der Waals surface area contributed by atoms with Gasteiger partial charge in [0.2, 0.25) is 11.8 Å². The van der Waals surface area contributed by atoms with Crippen molar-refractivity contribution in [3.63, 3.8) is 0 Å². The van der Waals surface area contributed by atoms with E-state index in [1.807, 2.05) is 120 Å². The molecule has 2 aromatic heterocycles. The number of esters is 1. The van der Waals surface area contributed by atoms with Crippen molar-refractivity contribution in [1.29, 1.82) is 0 Å². The lowest BCUT2D eigenvalue weighted by atomic mass is 9.93. The van der Waals surface area contributed by atoms with E-state index < -0.39 is 23.8 Å². The van der Waals surface area contributed by atoms with E-state index in [2.05, 4.69) is 44.4 Å². The number of nitrogens with two attached hydrogens (primary N) is 1. The fraction of sp³-hybridized carbons (Fsp3) is 0.369. The zero-order valence-corrected chi connectivity index (χ0v) is 61.1. The van der Waals surface area contributed by atoms with Gasteiger partial charge in [0.05, 0.1) is 60.5 Å². The standard InChI is InChI=1S/C42H48N6O3.C42H51N5O6/c1-4-6-20-46(21-7-5-2)42(51)38-22-29(3)48(45-38)39-19-18-35(44-40(49)24-30-16-17-31-12-8-9-13-32(31)23-30)26-37(39)41(50)47-28-34-15-11-10-14-33(34)25-36(47)27-43;1-5-8-21-45(22-9-6-2)42(52)37-23-29(4)47(44-37)38-20-19-33(43-40(50)35(26-39(49)53-7-3)30-15-11-10-12-16-30)25-36(38)41(51)46-27-32-18-14-13-17-31(32)24-34(46)28-48/h8-19,22-23,26,36H,4-7,20-21,24-25,27-28,43H2,1-3H3,(H,44,49);10-20,23,25,34-35,48H,5-9,21-22,24,26-28H2,1-4H3,(H,43,50)/t36-;34-,35?/m00/s1. The molecule has 5 N–H and O–H groups in total. The predicted octanol–water partition coefficient (Wildman–Crippen LogP) is 13.5. The zero-order valence-electron chi connectivity index (χ0n) is 61.1. The summed E-state index contributed by atoms with van der Waals surface area (Å²) in [6.45, 7) is 17.5. The number of carbonyl (C=O) groups excluding carboxylic acids is 7. The quantitative estimate of drug-likeness (QED) is 0.0320. The van der Waals surface area contributed by atoms with Crippen LogP contribution >= 0.6 is 0 Å². The van der Waals surface area contributed by atoms with Crippen molar-refractivity contribution >= 4 is 63.6 Å². The third kappa shape index (κ3) is 18.6. The number of aryl methyl sites for hydroxylation is 2. The Morgan fingerprint density at radius 3 is 1.49 bits per heavy atom. The van der Waals surface area contributed by atoms with E-state index in [1.54, 1.807) is 94.0 Å². The van der Waals surface area contributed by atoms with Gasteiger partial charge < -0.3 is 45.8 Å². The van der Waals surface area contributed by atoms with Crippen LogP contribution in [0.15, 0.2) is 170 Å². The maximum absolute atomic E-state index is 14.7. The minimum absolute atomic E-state index is 0.111. The molecule has 2 aliphatic rings. The van der Waals surface area contributed by atoms with E-state index in [0.717, 1.165) is 90.1 Å². The molecule has 2 aliphatic heterocycles. The minimum Gasteiger partial charge on any atom is -0.466 e. The zero-order chi connectivity index (χ0) is 73.8.